The van der Waals surface area contributed by atoms with Crippen molar-refractivity contribution in [1.82, 2.24) is 0 Å². The lowest BCUT2D eigenvalue weighted by Crippen LogP contribution is -2.35. The highest BCUT2D eigenvalue weighted by molar-refractivity contribution is 7.93. The molecule has 0 atom stereocenters. The number of sulfonamides is 2. The fourth-order valence-corrected chi connectivity index (χ4v) is 6.66. The Kier molecular flexibility index (Phi) is 5.96. The van der Waals surface area contributed by atoms with Gasteiger partial charge >= 0.3 is 0 Å². The van der Waals surface area contributed by atoms with Gasteiger partial charge in [-0.3, -0.25) is 9.03 Å². The third kappa shape index (κ3) is 4.71. The molecule has 3 aromatic carbocycles. The summed E-state index contributed by atoms with van der Waals surface area (Å²) in [5, 5.41) is 0.374. The molecule has 1 N–H and O–H groups in total. The van der Waals surface area contributed by atoms with Gasteiger partial charge in [0, 0.05) is 11.6 Å². The first kappa shape index (κ1) is 21.7. The van der Waals surface area contributed by atoms with Gasteiger partial charge in [-0.2, -0.15) is 0 Å². The molecule has 0 spiro atoms. The zero-order chi connectivity index (χ0) is 22.1. The summed E-state index contributed by atoms with van der Waals surface area (Å²) in [6, 6.07) is 20.0. The molecule has 1 heterocycles. The second-order valence-corrected chi connectivity index (χ2v) is 11.3. The first-order chi connectivity index (χ1) is 14.8. The van der Waals surface area contributed by atoms with Gasteiger partial charge in [-0.05, 0) is 54.3 Å². The van der Waals surface area contributed by atoms with Crippen molar-refractivity contribution in [3.05, 3.63) is 88.9 Å². The van der Waals surface area contributed by atoms with Crippen molar-refractivity contribution < 1.29 is 16.8 Å². The summed E-state index contributed by atoms with van der Waals surface area (Å²) in [4.78, 5) is 0.201. The smallest absolute Gasteiger partial charge is 0.264 e. The Balaban J connectivity index is 1.64. The molecule has 1 aliphatic heterocycles. The average Bonchev–Trinajstić information content (AvgIpc) is 2.75. The fraction of sp³-hybridized carbons (Fsp3) is 0.182. The van der Waals surface area contributed by atoms with E-state index in [1.807, 2.05) is 0 Å². The molecule has 0 unspecified atom stereocenters. The number of nitrogens with one attached hydrogen (secondary N) is 1. The van der Waals surface area contributed by atoms with Crippen LogP contribution in [0.4, 0.5) is 11.4 Å². The highest BCUT2D eigenvalue weighted by atomic mass is 35.5. The Morgan fingerprint density at radius 2 is 1.61 bits per heavy atom. The van der Waals surface area contributed by atoms with Crippen molar-refractivity contribution in [3.8, 4) is 0 Å². The number of nitrogens with zero attached hydrogens (tertiary/aromatic N) is 1. The SMILES string of the molecule is O=S(=O)(Cc1ccccc1Cl)Nc1ccc2c(c1)N(S(=O)(=O)c1ccccc1)CCC2. The zero-order valence-corrected chi connectivity index (χ0v) is 18.9. The van der Waals surface area contributed by atoms with Crippen LogP contribution in [0.2, 0.25) is 5.02 Å². The summed E-state index contributed by atoms with van der Waals surface area (Å²) >= 11 is 6.09. The van der Waals surface area contributed by atoms with Crippen LogP contribution >= 0.6 is 11.6 Å². The largest absolute Gasteiger partial charge is 0.283 e. The van der Waals surface area contributed by atoms with E-state index < -0.39 is 20.0 Å². The van der Waals surface area contributed by atoms with Crippen LogP contribution in [0.1, 0.15) is 17.5 Å². The summed E-state index contributed by atoms with van der Waals surface area (Å²) in [5.74, 6) is -0.282. The molecule has 9 heteroatoms. The van der Waals surface area contributed by atoms with Gasteiger partial charge in [-0.25, -0.2) is 16.8 Å². The van der Waals surface area contributed by atoms with Crippen LogP contribution < -0.4 is 9.03 Å². The van der Waals surface area contributed by atoms with Gasteiger partial charge in [-0.15, -0.1) is 0 Å². The van der Waals surface area contributed by atoms with E-state index in [1.165, 1.54) is 4.31 Å². The number of benzene rings is 3. The molecular formula is C22H21ClN2O4S2. The summed E-state index contributed by atoms with van der Waals surface area (Å²) in [6.07, 6.45) is 1.42. The maximum absolute atomic E-state index is 13.2. The molecule has 0 amide bonds. The lowest BCUT2D eigenvalue weighted by Gasteiger charge is -2.31. The number of anilines is 2. The first-order valence-corrected chi connectivity index (χ1v) is 13.2. The second kappa shape index (κ2) is 8.53. The Bertz CT molecular complexity index is 1310. The van der Waals surface area contributed by atoms with Crippen molar-refractivity contribution >= 4 is 43.0 Å². The summed E-state index contributed by atoms with van der Waals surface area (Å²) < 4.78 is 55.7. The van der Waals surface area contributed by atoms with Gasteiger partial charge in [0.1, 0.15) is 0 Å². The maximum atomic E-state index is 13.2. The van der Waals surface area contributed by atoms with Crippen molar-refractivity contribution in [2.24, 2.45) is 0 Å². The van der Waals surface area contributed by atoms with Crippen molar-refractivity contribution in [2.45, 2.75) is 23.5 Å². The summed E-state index contributed by atoms with van der Waals surface area (Å²) in [7, 11) is -7.50. The second-order valence-electron chi connectivity index (χ2n) is 7.29. The minimum absolute atomic E-state index is 0.201. The molecule has 1 aliphatic rings. The van der Waals surface area contributed by atoms with Gasteiger partial charge < -0.3 is 0 Å². The topological polar surface area (TPSA) is 83.6 Å². The quantitative estimate of drug-likeness (QED) is 0.570. The molecule has 3 aromatic rings. The van der Waals surface area contributed by atoms with E-state index in [1.54, 1.807) is 72.8 Å². The lowest BCUT2D eigenvalue weighted by atomic mass is 10.0. The third-order valence-corrected chi connectivity index (χ3v) is 8.50. The van der Waals surface area contributed by atoms with E-state index in [9.17, 15) is 16.8 Å². The lowest BCUT2D eigenvalue weighted by molar-refractivity contribution is 0.586. The molecule has 0 aliphatic carbocycles. The maximum Gasteiger partial charge on any atom is 0.264 e. The Labute approximate surface area is 187 Å². The summed E-state index contributed by atoms with van der Waals surface area (Å²) in [6.45, 7) is 0.333. The molecule has 0 saturated heterocycles. The van der Waals surface area contributed by atoms with E-state index in [0.717, 1.165) is 12.0 Å². The molecule has 6 nitrogen and oxygen atoms in total. The van der Waals surface area contributed by atoms with Crippen LogP contribution in [0.15, 0.2) is 77.7 Å². The van der Waals surface area contributed by atoms with Gasteiger partial charge in [-0.1, -0.05) is 54.1 Å². The first-order valence-electron chi connectivity index (χ1n) is 9.71. The highest BCUT2D eigenvalue weighted by Crippen LogP contribution is 2.34. The monoisotopic (exact) mass is 476 g/mol. The number of hydrogen-bond donors (Lipinski definition) is 1. The predicted molar refractivity (Wildman–Crippen MR) is 123 cm³/mol. The van der Waals surface area contributed by atoms with Crippen LogP contribution in [-0.2, 0) is 32.2 Å². The zero-order valence-electron chi connectivity index (χ0n) is 16.5. The number of aryl methyl sites for hydroxylation is 1. The molecule has 0 radical (unpaired) electrons. The standard InChI is InChI=1S/C22H21ClN2O4S2/c23-21-11-5-4-7-18(21)16-30(26,27)24-19-13-12-17-8-6-14-25(22(17)15-19)31(28,29)20-9-2-1-3-10-20/h1-5,7,9-13,15,24H,6,8,14,16H2. The van der Waals surface area contributed by atoms with Gasteiger partial charge in [0.25, 0.3) is 10.0 Å². The van der Waals surface area contributed by atoms with Crippen LogP contribution in [-0.4, -0.2) is 23.4 Å². The molecule has 0 bridgehead atoms. The van der Waals surface area contributed by atoms with E-state index >= 15 is 0 Å². The van der Waals surface area contributed by atoms with E-state index in [-0.39, 0.29) is 10.6 Å². The van der Waals surface area contributed by atoms with Crippen molar-refractivity contribution in [3.63, 3.8) is 0 Å². The fourth-order valence-electron chi connectivity index (χ4n) is 3.61. The van der Waals surface area contributed by atoms with Gasteiger partial charge in [0.15, 0.2) is 0 Å². The Morgan fingerprint density at radius 3 is 2.35 bits per heavy atom. The van der Waals surface area contributed by atoms with Crippen LogP contribution in [0.25, 0.3) is 0 Å². The van der Waals surface area contributed by atoms with Crippen molar-refractivity contribution in [2.75, 3.05) is 15.6 Å². The van der Waals surface area contributed by atoms with Crippen molar-refractivity contribution in [1.29, 1.82) is 0 Å². The average molecular weight is 477 g/mol. The normalized spacial score (nSPS) is 14.2. The Hall–Kier alpha value is -2.55. The Morgan fingerprint density at radius 1 is 0.903 bits per heavy atom. The third-order valence-electron chi connectivity index (χ3n) is 5.07. The van der Waals surface area contributed by atoms with Crippen LogP contribution in [0.5, 0.6) is 0 Å². The summed E-state index contributed by atoms with van der Waals surface area (Å²) in [5.41, 5.74) is 2.15. The predicted octanol–water partition coefficient (Wildman–Crippen LogP) is 4.42. The van der Waals surface area contributed by atoms with Gasteiger partial charge in [0.2, 0.25) is 10.0 Å². The molecular weight excluding hydrogens is 456 g/mol. The van der Waals surface area contributed by atoms with Gasteiger partial charge in [0.05, 0.1) is 22.0 Å². The highest BCUT2D eigenvalue weighted by Gasteiger charge is 2.29. The number of fused-ring (bicyclic) bond motifs is 1. The number of hydrogen-bond acceptors (Lipinski definition) is 4. The van der Waals surface area contributed by atoms with Crippen LogP contribution in [0, 0.1) is 0 Å². The molecule has 0 fully saturated rings. The molecule has 162 valence electrons. The number of halogens is 1. The van der Waals surface area contributed by atoms with Crippen LogP contribution in [0.3, 0.4) is 0 Å². The van der Waals surface area contributed by atoms with E-state index in [4.69, 9.17) is 11.6 Å². The molecule has 4 rings (SSSR count). The molecule has 0 aromatic heterocycles. The minimum Gasteiger partial charge on any atom is -0.283 e. The minimum atomic E-state index is -3.75. The van der Waals surface area contributed by atoms with E-state index in [2.05, 4.69) is 4.72 Å². The number of rotatable bonds is 6. The molecule has 0 saturated carbocycles. The molecule has 31 heavy (non-hydrogen) atoms. The van der Waals surface area contributed by atoms with E-state index in [0.29, 0.717) is 34.9 Å².